The highest BCUT2D eigenvalue weighted by Gasteiger charge is 2.09. The van der Waals surface area contributed by atoms with Crippen molar-refractivity contribution in [1.82, 2.24) is 4.98 Å². The van der Waals surface area contributed by atoms with Crippen LogP contribution in [0.15, 0.2) is 57.9 Å². The van der Waals surface area contributed by atoms with Gasteiger partial charge in [0.25, 0.3) is 0 Å². The van der Waals surface area contributed by atoms with Crippen molar-refractivity contribution >= 4 is 49.2 Å². The molecule has 1 atom stereocenters. The van der Waals surface area contributed by atoms with E-state index in [4.69, 9.17) is 5.73 Å². The van der Waals surface area contributed by atoms with Gasteiger partial charge in [-0.15, -0.1) is 23.1 Å². The van der Waals surface area contributed by atoms with Crippen LogP contribution in [0, 0.1) is 0 Å². The van der Waals surface area contributed by atoms with Crippen molar-refractivity contribution in [1.29, 1.82) is 0 Å². The third kappa shape index (κ3) is 4.07. The van der Waals surface area contributed by atoms with E-state index in [0.29, 0.717) is 0 Å². The molecule has 0 bridgehead atoms. The van der Waals surface area contributed by atoms with Gasteiger partial charge in [0.05, 0.1) is 15.2 Å². The minimum Gasteiger partial charge on any atom is -0.327 e. The Morgan fingerprint density at radius 2 is 1.90 bits per heavy atom. The van der Waals surface area contributed by atoms with Crippen LogP contribution in [0.3, 0.4) is 0 Å². The first-order valence-corrected chi connectivity index (χ1v) is 9.28. The minimum atomic E-state index is 0.124. The Labute approximate surface area is 140 Å². The van der Waals surface area contributed by atoms with Crippen molar-refractivity contribution in [3.05, 3.63) is 58.0 Å². The lowest BCUT2D eigenvalue weighted by atomic mass is 10.2. The second-order valence-corrected chi connectivity index (χ2v) is 7.93. The first kappa shape index (κ1) is 15.0. The van der Waals surface area contributed by atoms with Gasteiger partial charge >= 0.3 is 0 Å². The predicted molar refractivity (Wildman–Crippen MR) is 96.2 cm³/mol. The molecule has 1 unspecified atom stereocenters. The first-order chi connectivity index (χ1) is 10.2. The summed E-state index contributed by atoms with van der Waals surface area (Å²) in [5.74, 6) is 0.900. The average Bonchev–Trinajstić information content (AvgIpc) is 2.88. The quantitative estimate of drug-likeness (QED) is 0.652. The SMILES string of the molecule is NC(CSc1ccc(Br)cc1)Cc1nc2ccccc2s1. The largest absolute Gasteiger partial charge is 0.327 e. The smallest absolute Gasteiger partial charge is 0.0954 e. The lowest BCUT2D eigenvalue weighted by molar-refractivity contribution is 0.745. The number of thioether (sulfide) groups is 1. The Balaban J connectivity index is 1.58. The molecule has 108 valence electrons. The Morgan fingerprint density at radius 3 is 2.67 bits per heavy atom. The van der Waals surface area contributed by atoms with Gasteiger partial charge in [0.15, 0.2) is 0 Å². The average molecular weight is 379 g/mol. The highest BCUT2D eigenvalue weighted by molar-refractivity contribution is 9.10. The van der Waals surface area contributed by atoms with Gasteiger partial charge in [-0.25, -0.2) is 4.98 Å². The van der Waals surface area contributed by atoms with Crippen LogP contribution in [-0.2, 0) is 6.42 Å². The summed E-state index contributed by atoms with van der Waals surface area (Å²) in [6.45, 7) is 0. The maximum Gasteiger partial charge on any atom is 0.0954 e. The Kier molecular flexibility index (Phi) is 4.95. The highest BCUT2D eigenvalue weighted by Crippen LogP contribution is 2.24. The van der Waals surface area contributed by atoms with E-state index in [1.807, 2.05) is 12.1 Å². The number of para-hydroxylation sites is 1. The molecule has 0 aliphatic rings. The van der Waals surface area contributed by atoms with E-state index >= 15 is 0 Å². The molecule has 2 nitrogen and oxygen atoms in total. The van der Waals surface area contributed by atoms with E-state index in [1.165, 1.54) is 9.60 Å². The fourth-order valence-corrected chi connectivity index (χ4v) is 4.20. The van der Waals surface area contributed by atoms with Gasteiger partial charge in [0.1, 0.15) is 0 Å². The topological polar surface area (TPSA) is 38.9 Å². The summed E-state index contributed by atoms with van der Waals surface area (Å²) in [5.41, 5.74) is 7.32. The van der Waals surface area contributed by atoms with Crippen LogP contribution in [-0.4, -0.2) is 16.8 Å². The summed E-state index contributed by atoms with van der Waals surface area (Å²) >= 11 is 6.98. The van der Waals surface area contributed by atoms with Crippen molar-refractivity contribution in [3.63, 3.8) is 0 Å². The number of halogens is 1. The molecular formula is C16H15BrN2S2. The standard InChI is InChI=1S/C16H15BrN2S2/c17-11-5-7-13(8-6-11)20-10-12(18)9-16-19-14-3-1-2-4-15(14)21-16/h1-8,12H,9-10,18H2. The molecule has 0 amide bonds. The van der Waals surface area contributed by atoms with Crippen molar-refractivity contribution in [2.75, 3.05) is 5.75 Å². The lowest BCUT2D eigenvalue weighted by Crippen LogP contribution is -2.25. The Bertz CT molecular complexity index is 691. The van der Waals surface area contributed by atoms with Crippen LogP contribution in [0.2, 0.25) is 0 Å². The van der Waals surface area contributed by atoms with Crippen molar-refractivity contribution < 1.29 is 0 Å². The number of benzene rings is 2. The lowest BCUT2D eigenvalue weighted by Gasteiger charge is -2.09. The molecule has 5 heteroatoms. The molecule has 0 fully saturated rings. The zero-order valence-electron chi connectivity index (χ0n) is 11.3. The maximum absolute atomic E-state index is 6.24. The van der Waals surface area contributed by atoms with Crippen LogP contribution in [0.25, 0.3) is 10.2 Å². The number of nitrogens with zero attached hydrogens (tertiary/aromatic N) is 1. The van der Waals surface area contributed by atoms with Crippen LogP contribution in [0.5, 0.6) is 0 Å². The van der Waals surface area contributed by atoms with Crippen LogP contribution < -0.4 is 5.73 Å². The summed E-state index contributed by atoms with van der Waals surface area (Å²) in [6, 6.07) is 16.7. The van der Waals surface area contributed by atoms with Crippen LogP contribution >= 0.6 is 39.0 Å². The second kappa shape index (κ2) is 6.92. The fraction of sp³-hybridized carbons (Fsp3) is 0.188. The van der Waals surface area contributed by atoms with E-state index in [9.17, 15) is 0 Å². The number of rotatable bonds is 5. The highest BCUT2D eigenvalue weighted by atomic mass is 79.9. The molecule has 3 rings (SSSR count). The van der Waals surface area contributed by atoms with Gasteiger partial charge in [-0.1, -0.05) is 28.1 Å². The molecule has 0 aliphatic heterocycles. The maximum atomic E-state index is 6.24. The molecule has 0 saturated heterocycles. The van der Waals surface area contributed by atoms with Crippen molar-refractivity contribution in [3.8, 4) is 0 Å². The molecule has 21 heavy (non-hydrogen) atoms. The molecular weight excluding hydrogens is 364 g/mol. The number of thiazole rings is 1. The minimum absolute atomic E-state index is 0.124. The molecule has 2 N–H and O–H groups in total. The monoisotopic (exact) mass is 378 g/mol. The van der Waals surface area contributed by atoms with E-state index in [1.54, 1.807) is 23.1 Å². The summed E-state index contributed by atoms with van der Waals surface area (Å²) in [6.07, 6.45) is 0.836. The molecule has 0 aliphatic carbocycles. The molecule has 0 radical (unpaired) electrons. The van der Waals surface area contributed by atoms with Crippen LogP contribution in [0.1, 0.15) is 5.01 Å². The molecule has 1 heterocycles. The molecule has 2 aromatic carbocycles. The van der Waals surface area contributed by atoms with Gasteiger partial charge in [0, 0.05) is 27.6 Å². The molecule has 0 saturated carbocycles. The zero-order chi connectivity index (χ0) is 14.7. The van der Waals surface area contributed by atoms with Gasteiger partial charge in [-0.3, -0.25) is 0 Å². The van der Waals surface area contributed by atoms with Crippen LogP contribution in [0.4, 0.5) is 0 Å². The number of hydrogen-bond donors (Lipinski definition) is 1. The molecule has 0 spiro atoms. The summed E-state index contributed by atoms with van der Waals surface area (Å²) in [4.78, 5) is 5.89. The fourth-order valence-electron chi connectivity index (χ4n) is 2.02. The summed E-state index contributed by atoms with van der Waals surface area (Å²) < 4.78 is 2.34. The van der Waals surface area contributed by atoms with Crippen molar-refractivity contribution in [2.24, 2.45) is 5.73 Å². The number of nitrogens with two attached hydrogens (primary N) is 1. The Hall–Kier alpha value is -0.880. The molecule has 3 aromatic rings. The Morgan fingerprint density at radius 1 is 1.14 bits per heavy atom. The van der Waals surface area contributed by atoms with Gasteiger partial charge < -0.3 is 5.73 Å². The first-order valence-electron chi connectivity index (χ1n) is 6.69. The number of aromatic nitrogens is 1. The summed E-state index contributed by atoms with van der Waals surface area (Å²) in [5, 5.41) is 1.13. The van der Waals surface area contributed by atoms with Gasteiger partial charge in [-0.2, -0.15) is 0 Å². The third-order valence-corrected chi connectivity index (χ3v) is 5.84. The predicted octanol–water partition coefficient (Wildman–Crippen LogP) is 4.72. The summed E-state index contributed by atoms with van der Waals surface area (Å²) in [7, 11) is 0. The zero-order valence-corrected chi connectivity index (χ0v) is 14.5. The second-order valence-electron chi connectivity index (χ2n) is 4.80. The van der Waals surface area contributed by atoms with E-state index in [0.717, 1.165) is 27.2 Å². The third-order valence-electron chi connectivity index (χ3n) is 3.05. The van der Waals surface area contributed by atoms with E-state index in [2.05, 4.69) is 57.3 Å². The van der Waals surface area contributed by atoms with Crippen molar-refractivity contribution in [2.45, 2.75) is 17.4 Å². The molecule has 1 aromatic heterocycles. The normalized spacial score (nSPS) is 12.7. The number of hydrogen-bond acceptors (Lipinski definition) is 4. The van der Waals surface area contributed by atoms with Gasteiger partial charge in [-0.05, 0) is 36.4 Å². The van der Waals surface area contributed by atoms with Gasteiger partial charge in [0.2, 0.25) is 0 Å². The number of fused-ring (bicyclic) bond motifs is 1. The van der Waals surface area contributed by atoms with E-state index < -0.39 is 0 Å². The van der Waals surface area contributed by atoms with E-state index in [-0.39, 0.29) is 6.04 Å².